The quantitative estimate of drug-likeness (QED) is 0.560. The lowest BCUT2D eigenvalue weighted by Gasteiger charge is -2.20. The van der Waals surface area contributed by atoms with Crippen molar-refractivity contribution >= 4 is 17.7 Å². The van der Waals surface area contributed by atoms with E-state index in [1.807, 2.05) is 30.3 Å². The van der Waals surface area contributed by atoms with E-state index in [9.17, 15) is 9.18 Å². The van der Waals surface area contributed by atoms with Crippen LogP contribution in [0.25, 0.3) is 0 Å². The van der Waals surface area contributed by atoms with Gasteiger partial charge in [-0.2, -0.15) is 0 Å². The van der Waals surface area contributed by atoms with Crippen LogP contribution >= 0.6 is 11.6 Å². The average Bonchev–Trinajstić information content (AvgIpc) is 2.58. The number of rotatable bonds is 8. The van der Waals surface area contributed by atoms with Crippen molar-refractivity contribution in [3.05, 3.63) is 65.5 Å². The number of carbonyl (C=O) groups is 1. The van der Waals surface area contributed by atoms with E-state index in [2.05, 4.69) is 0 Å². The van der Waals surface area contributed by atoms with Crippen LogP contribution in [0, 0.1) is 5.82 Å². The summed E-state index contributed by atoms with van der Waals surface area (Å²) < 4.78 is 24.5. The Morgan fingerprint density at radius 1 is 1.21 bits per heavy atom. The molecule has 2 aromatic carbocycles. The van der Waals surface area contributed by atoms with Gasteiger partial charge in [-0.1, -0.05) is 36.4 Å². The van der Waals surface area contributed by atoms with Gasteiger partial charge in [-0.3, -0.25) is 0 Å². The molecule has 0 aromatic heterocycles. The maximum atomic E-state index is 13.9. The number of nitrogens with two attached hydrogens (primary N) is 1. The summed E-state index contributed by atoms with van der Waals surface area (Å²) in [6.45, 7) is 0.210. The van der Waals surface area contributed by atoms with Crippen molar-refractivity contribution in [3.63, 3.8) is 0 Å². The van der Waals surface area contributed by atoms with Crippen molar-refractivity contribution < 1.29 is 18.7 Å². The number of alkyl halides is 1. The van der Waals surface area contributed by atoms with Gasteiger partial charge in [0.25, 0.3) is 0 Å². The van der Waals surface area contributed by atoms with Crippen molar-refractivity contribution in [2.24, 2.45) is 5.73 Å². The molecule has 2 N–H and O–H groups in total. The molecule has 0 saturated heterocycles. The fourth-order valence-corrected chi connectivity index (χ4v) is 2.49. The minimum atomic E-state index is -0.800. The lowest BCUT2D eigenvalue weighted by molar-refractivity contribution is 0.140. The Labute approximate surface area is 145 Å². The number of carbonyl (C=O) groups excluding carboxylic acids is 1. The molecule has 0 saturated carbocycles. The first-order chi connectivity index (χ1) is 11.6. The van der Waals surface area contributed by atoms with Crippen LogP contribution in [-0.2, 0) is 10.6 Å². The van der Waals surface area contributed by atoms with Crippen LogP contribution in [0.1, 0.15) is 30.1 Å². The van der Waals surface area contributed by atoms with Crippen molar-refractivity contribution in [3.8, 4) is 5.75 Å². The number of hydrogen-bond donors (Lipinski definition) is 1. The Hall–Kier alpha value is -2.27. The number of hydrogen-bond acceptors (Lipinski definition) is 3. The van der Waals surface area contributed by atoms with E-state index >= 15 is 0 Å². The lowest BCUT2D eigenvalue weighted by atomic mass is 10.0. The van der Waals surface area contributed by atoms with Gasteiger partial charge in [0.1, 0.15) is 17.7 Å². The van der Waals surface area contributed by atoms with Gasteiger partial charge in [0.15, 0.2) is 0 Å². The van der Waals surface area contributed by atoms with E-state index in [-0.39, 0.29) is 18.6 Å². The second-order valence-electron chi connectivity index (χ2n) is 5.21. The summed E-state index contributed by atoms with van der Waals surface area (Å²) in [5.74, 6) is 0.135. The summed E-state index contributed by atoms with van der Waals surface area (Å²) in [6, 6.07) is 14.2. The Morgan fingerprint density at radius 2 is 1.96 bits per heavy atom. The normalized spacial score (nSPS) is 11.8. The molecule has 2 aromatic rings. The zero-order chi connectivity index (χ0) is 17.4. The second-order valence-corrected chi connectivity index (χ2v) is 5.48. The summed E-state index contributed by atoms with van der Waals surface area (Å²) in [6.07, 6.45) is 0.0795. The molecule has 0 radical (unpaired) electrons. The minimum Gasteiger partial charge on any atom is -0.486 e. The number of benzene rings is 2. The number of ether oxygens (including phenoxy) is 2. The van der Waals surface area contributed by atoms with Crippen LogP contribution < -0.4 is 10.5 Å². The molecule has 4 nitrogen and oxygen atoms in total. The van der Waals surface area contributed by atoms with Gasteiger partial charge in [-0.05, 0) is 24.5 Å². The van der Waals surface area contributed by atoms with Gasteiger partial charge in [0.05, 0.1) is 12.5 Å². The molecule has 2 rings (SSSR count). The van der Waals surface area contributed by atoms with E-state index < -0.39 is 11.9 Å². The fourth-order valence-electron chi connectivity index (χ4n) is 2.28. The Bertz CT molecular complexity index is 667. The molecule has 0 unspecified atom stereocenters. The molecule has 6 heteroatoms. The third-order valence-corrected chi connectivity index (χ3v) is 3.76. The molecule has 0 bridgehead atoms. The summed E-state index contributed by atoms with van der Waals surface area (Å²) in [4.78, 5) is 10.6. The largest absolute Gasteiger partial charge is 0.486 e. The highest BCUT2D eigenvalue weighted by molar-refractivity contribution is 6.17. The van der Waals surface area contributed by atoms with Crippen molar-refractivity contribution in [1.82, 2.24) is 0 Å². The zero-order valence-corrected chi connectivity index (χ0v) is 13.8. The third-order valence-electron chi connectivity index (χ3n) is 3.47. The predicted molar refractivity (Wildman–Crippen MR) is 90.5 cm³/mol. The van der Waals surface area contributed by atoms with Crippen molar-refractivity contribution in [2.75, 3.05) is 6.61 Å². The van der Waals surface area contributed by atoms with Crippen LogP contribution in [0.3, 0.4) is 0 Å². The van der Waals surface area contributed by atoms with Crippen LogP contribution in [0.15, 0.2) is 48.5 Å². The van der Waals surface area contributed by atoms with Gasteiger partial charge < -0.3 is 15.2 Å². The molecule has 24 heavy (non-hydrogen) atoms. The molecule has 0 fully saturated rings. The van der Waals surface area contributed by atoms with Gasteiger partial charge in [-0.15, -0.1) is 11.6 Å². The first-order valence-electron chi connectivity index (χ1n) is 7.58. The molecule has 0 aliphatic carbocycles. The van der Waals surface area contributed by atoms with Crippen LogP contribution in [0.2, 0.25) is 0 Å². The summed E-state index contributed by atoms with van der Waals surface area (Å²) in [5.41, 5.74) is 6.33. The fraction of sp³-hybridized carbons (Fsp3) is 0.278. The van der Waals surface area contributed by atoms with Crippen LogP contribution in [0.5, 0.6) is 5.75 Å². The average molecular weight is 352 g/mol. The third kappa shape index (κ3) is 5.42. The summed E-state index contributed by atoms with van der Waals surface area (Å²) in [5, 5.41) is 0. The van der Waals surface area contributed by atoms with E-state index in [0.717, 1.165) is 5.56 Å². The van der Waals surface area contributed by atoms with Crippen LogP contribution in [0.4, 0.5) is 9.18 Å². The first kappa shape index (κ1) is 18.1. The molecule has 1 atom stereocenters. The van der Waals surface area contributed by atoms with Gasteiger partial charge in [0, 0.05) is 11.6 Å². The molecular weight excluding hydrogens is 333 g/mol. The number of amides is 1. The van der Waals surface area contributed by atoms with E-state index in [4.69, 9.17) is 26.8 Å². The smallest absolute Gasteiger partial charge is 0.404 e. The molecule has 1 amide bonds. The minimum absolute atomic E-state index is 0.110. The maximum Gasteiger partial charge on any atom is 0.404 e. The molecule has 128 valence electrons. The molecule has 0 aliphatic rings. The highest BCUT2D eigenvalue weighted by Crippen LogP contribution is 2.27. The predicted octanol–water partition coefficient (Wildman–Crippen LogP) is 4.56. The molecular formula is C18H19ClFNO3. The van der Waals surface area contributed by atoms with Crippen LogP contribution in [-0.4, -0.2) is 12.7 Å². The Kier molecular flexibility index (Phi) is 6.88. The number of halogens is 2. The highest BCUT2D eigenvalue weighted by Gasteiger charge is 2.14. The summed E-state index contributed by atoms with van der Waals surface area (Å²) >= 11 is 5.66. The van der Waals surface area contributed by atoms with Crippen molar-refractivity contribution in [2.45, 2.75) is 24.8 Å². The van der Waals surface area contributed by atoms with E-state index in [1.165, 1.54) is 6.07 Å². The number of primary amides is 1. The molecule has 0 spiro atoms. The standard InChI is InChI=1S/C18H19ClFNO3/c19-12-14-8-9-15(11-16(14)20)24-17(7-4-10-23-18(21)22)13-5-2-1-3-6-13/h1-3,5-6,8-9,11,17H,4,7,10,12H2,(H2,21,22)/t17-/m0/s1. The highest BCUT2D eigenvalue weighted by atomic mass is 35.5. The van der Waals surface area contributed by atoms with Gasteiger partial charge in [-0.25, -0.2) is 9.18 Å². The van der Waals surface area contributed by atoms with Gasteiger partial charge in [0.2, 0.25) is 0 Å². The molecule has 0 aliphatic heterocycles. The maximum absolute atomic E-state index is 13.9. The van der Waals surface area contributed by atoms with E-state index in [1.54, 1.807) is 12.1 Å². The Balaban J connectivity index is 2.08. The second kappa shape index (κ2) is 9.13. The summed E-state index contributed by atoms with van der Waals surface area (Å²) in [7, 11) is 0. The zero-order valence-electron chi connectivity index (χ0n) is 13.1. The van der Waals surface area contributed by atoms with Gasteiger partial charge >= 0.3 is 6.09 Å². The molecule has 0 heterocycles. The van der Waals surface area contributed by atoms with Crippen molar-refractivity contribution in [1.29, 1.82) is 0 Å². The first-order valence-corrected chi connectivity index (χ1v) is 8.12. The SMILES string of the molecule is NC(=O)OCCC[C@H](Oc1ccc(CCl)c(F)c1)c1ccccc1. The van der Waals surface area contributed by atoms with E-state index in [0.29, 0.717) is 24.2 Å². The monoisotopic (exact) mass is 351 g/mol. The Morgan fingerprint density at radius 3 is 2.58 bits per heavy atom. The lowest BCUT2D eigenvalue weighted by Crippen LogP contribution is -2.15. The topological polar surface area (TPSA) is 61.6 Å².